The number of nitrogens with one attached hydrogen (secondary N) is 1. The second kappa shape index (κ2) is 7.04. The van der Waals surface area contributed by atoms with Gasteiger partial charge in [-0.3, -0.25) is 9.59 Å². The fraction of sp³-hybridized carbons (Fsp3) is 0.571. The molecular weight excluding hydrogens is 324 g/mol. The highest BCUT2D eigenvalue weighted by atomic mass is 79.9. The summed E-state index contributed by atoms with van der Waals surface area (Å²) in [6.07, 6.45) is 1.26. The van der Waals surface area contributed by atoms with Gasteiger partial charge in [-0.15, -0.1) is 0 Å². The van der Waals surface area contributed by atoms with Crippen molar-refractivity contribution in [3.63, 3.8) is 0 Å². The Kier molecular flexibility index (Phi) is 5.95. The predicted molar refractivity (Wildman–Crippen MR) is 81.5 cm³/mol. The highest BCUT2D eigenvalue weighted by molar-refractivity contribution is 9.10. The number of amides is 1. The van der Waals surface area contributed by atoms with Gasteiger partial charge < -0.3 is 15.0 Å². The third-order valence-electron chi connectivity index (χ3n) is 3.02. The van der Waals surface area contributed by atoms with Crippen molar-refractivity contribution in [2.45, 2.75) is 39.8 Å². The number of halogens is 1. The smallest absolute Gasteiger partial charge is 0.250 e. The number of carbonyl (C=O) groups is 1. The van der Waals surface area contributed by atoms with Crippen molar-refractivity contribution < 1.29 is 9.90 Å². The Balaban J connectivity index is 2.44. The molecule has 0 saturated carbocycles. The van der Waals surface area contributed by atoms with Crippen LogP contribution in [0, 0.1) is 5.41 Å². The SMILES string of the molecule is CC(C)(C)C(O)CNC(=O)CCn1cc(Br)ccc1=O. The molecule has 1 rings (SSSR count). The van der Waals surface area contributed by atoms with Gasteiger partial charge in [-0.05, 0) is 27.4 Å². The molecule has 1 heterocycles. The lowest BCUT2D eigenvalue weighted by Gasteiger charge is -2.25. The first-order chi connectivity index (χ1) is 9.20. The average Bonchev–Trinajstić information content (AvgIpc) is 2.35. The maximum absolute atomic E-state index is 11.7. The number of aliphatic hydroxyl groups is 1. The zero-order valence-corrected chi connectivity index (χ0v) is 13.6. The van der Waals surface area contributed by atoms with Crippen LogP contribution in [0.25, 0.3) is 0 Å². The number of aliphatic hydroxyl groups excluding tert-OH is 1. The summed E-state index contributed by atoms with van der Waals surface area (Å²) in [4.78, 5) is 23.2. The maximum Gasteiger partial charge on any atom is 0.250 e. The van der Waals surface area contributed by atoms with Crippen LogP contribution >= 0.6 is 15.9 Å². The quantitative estimate of drug-likeness (QED) is 0.850. The standard InChI is InChI=1S/C14H21BrN2O3/c1-14(2,3)11(18)8-16-12(19)6-7-17-9-10(15)4-5-13(17)20/h4-5,9,11,18H,6-8H2,1-3H3,(H,16,19). The lowest BCUT2D eigenvalue weighted by atomic mass is 9.89. The van der Waals surface area contributed by atoms with E-state index >= 15 is 0 Å². The predicted octanol–water partition coefficient (Wildman–Crippen LogP) is 1.52. The molecule has 1 unspecified atom stereocenters. The lowest BCUT2D eigenvalue weighted by molar-refractivity contribution is -0.122. The molecule has 0 fully saturated rings. The van der Waals surface area contributed by atoms with Crippen LogP contribution in [0.5, 0.6) is 0 Å². The van der Waals surface area contributed by atoms with Crippen LogP contribution < -0.4 is 10.9 Å². The number of rotatable bonds is 5. The molecule has 0 bridgehead atoms. The van der Waals surface area contributed by atoms with E-state index in [4.69, 9.17) is 0 Å². The highest BCUT2D eigenvalue weighted by Crippen LogP contribution is 2.18. The molecule has 6 heteroatoms. The number of aromatic nitrogens is 1. The third-order valence-corrected chi connectivity index (χ3v) is 3.49. The third kappa shape index (κ3) is 5.46. The highest BCUT2D eigenvalue weighted by Gasteiger charge is 2.22. The second-order valence-corrected chi connectivity index (χ2v) is 6.73. The molecule has 0 saturated heterocycles. The minimum atomic E-state index is -0.597. The molecule has 112 valence electrons. The summed E-state index contributed by atoms with van der Waals surface area (Å²) < 4.78 is 2.27. The molecule has 20 heavy (non-hydrogen) atoms. The van der Waals surface area contributed by atoms with Crippen molar-refractivity contribution in [2.75, 3.05) is 6.54 Å². The summed E-state index contributed by atoms with van der Waals surface area (Å²) in [7, 11) is 0. The first kappa shape index (κ1) is 16.9. The van der Waals surface area contributed by atoms with E-state index in [9.17, 15) is 14.7 Å². The molecular formula is C14H21BrN2O3. The van der Waals surface area contributed by atoms with Crippen LogP contribution in [0.1, 0.15) is 27.2 Å². The Morgan fingerprint density at radius 2 is 2.10 bits per heavy atom. The van der Waals surface area contributed by atoms with Crippen molar-refractivity contribution in [3.05, 3.63) is 33.2 Å². The Labute approximate surface area is 127 Å². The van der Waals surface area contributed by atoms with Crippen molar-refractivity contribution in [3.8, 4) is 0 Å². The van der Waals surface area contributed by atoms with Gasteiger partial charge in [-0.1, -0.05) is 20.8 Å². The Hall–Kier alpha value is -1.14. The van der Waals surface area contributed by atoms with E-state index in [0.29, 0.717) is 6.54 Å². The van der Waals surface area contributed by atoms with Gasteiger partial charge in [0.2, 0.25) is 5.91 Å². The first-order valence-corrected chi connectivity index (χ1v) is 7.30. The fourth-order valence-corrected chi connectivity index (χ4v) is 1.88. The van der Waals surface area contributed by atoms with E-state index in [2.05, 4.69) is 21.2 Å². The molecule has 0 aliphatic heterocycles. The van der Waals surface area contributed by atoms with Crippen LogP contribution in [-0.4, -0.2) is 28.2 Å². The van der Waals surface area contributed by atoms with E-state index in [1.807, 2.05) is 20.8 Å². The largest absolute Gasteiger partial charge is 0.391 e. The van der Waals surface area contributed by atoms with Gasteiger partial charge in [0.15, 0.2) is 0 Å². The van der Waals surface area contributed by atoms with E-state index in [-0.39, 0.29) is 29.8 Å². The number of aryl methyl sites for hydroxylation is 1. The zero-order chi connectivity index (χ0) is 15.3. The summed E-state index contributed by atoms with van der Waals surface area (Å²) in [5.74, 6) is -0.180. The molecule has 1 aromatic rings. The van der Waals surface area contributed by atoms with Gasteiger partial charge in [-0.2, -0.15) is 0 Å². The molecule has 1 atom stereocenters. The van der Waals surface area contributed by atoms with E-state index in [0.717, 1.165) is 4.47 Å². The minimum absolute atomic E-state index is 0.143. The molecule has 0 radical (unpaired) electrons. The molecule has 1 amide bonds. The minimum Gasteiger partial charge on any atom is -0.391 e. The van der Waals surface area contributed by atoms with Crippen LogP contribution in [0.15, 0.2) is 27.6 Å². The number of carbonyl (C=O) groups excluding carboxylic acids is 1. The molecule has 0 aliphatic rings. The van der Waals surface area contributed by atoms with Crippen LogP contribution in [0.3, 0.4) is 0 Å². The van der Waals surface area contributed by atoms with Gasteiger partial charge in [0, 0.05) is 36.2 Å². The zero-order valence-electron chi connectivity index (χ0n) is 12.0. The molecule has 1 aromatic heterocycles. The summed E-state index contributed by atoms with van der Waals surface area (Å²) in [5.41, 5.74) is -0.412. The molecule has 5 nitrogen and oxygen atoms in total. The van der Waals surface area contributed by atoms with Gasteiger partial charge in [0.1, 0.15) is 0 Å². The number of pyridine rings is 1. The van der Waals surface area contributed by atoms with Crippen molar-refractivity contribution >= 4 is 21.8 Å². The van der Waals surface area contributed by atoms with E-state index < -0.39 is 6.10 Å². The number of hydrogen-bond acceptors (Lipinski definition) is 3. The van der Waals surface area contributed by atoms with Crippen LogP contribution in [0.4, 0.5) is 0 Å². The van der Waals surface area contributed by atoms with Gasteiger partial charge in [0.25, 0.3) is 5.56 Å². The van der Waals surface area contributed by atoms with E-state index in [1.165, 1.54) is 10.6 Å². The monoisotopic (exact) mass is 344 g/mol. The summed E-state index contributed by atoms with van der Waals surface area (Å²) >= 11 is 3.28. The van der Waals surface area contributed by atoms with Gasteiger partial charge >= 0.3 is 0 Å². The number of hydrogen-bond donors (Lipinski definition) is 2. The molecule has 0 aliphatic carbocycles. The molecule has 0 spiro atoms. The Bertz CT molecular complexity index is 520. The van der Waals surface area contributed by atoms with Gasteiger partial charge in [-0.25, -0.2) is 0 Å². The first-order valence-electron chi connectivity index (χ1n) is 6.51. The maximum atomic E-state index is 11.7. The number of nitrogens with zero attached hydrogens (tertiary/aromatic N) is 1. The Morgan fingerprint density at radius 1 is 1.45 bits per heavy atom. The fourth-order valence-electron chi connectivity index (χ4n) is 1.50. The van der Waals surface area contributed by atoms with Crippen molar-refractivity contribution in [1.82, 2.24) is 9.88 Å². The summed E-state index contributed by atoms with van der Waals surface area (Å²) in [6.45, 7) is 6.26. The lowest BCUT2D eigenvalue weighted by Crippen LogP contribution is -2.39. The van der Waals surface area contributed by atoms with E-state index in [1.54, 1.807) is 12.3 Å². The summed E-state index contributed by atoms with van der Waals surface area (Å²) in [6, 6.07) is 3.12. The summed E-state index contributed by atoms with van der Waals surface area (Å²) in [5, 5.41) is 12.5. The van der Waals surface area contributed by atoms with Crippen LogP contribution in [-0.2, 0) is 11.3 Å². The average molecular weight is 345 g/mol. The van der Waals surface area contributed by atoms with Crippen molar-refractivity contribution in [1.29, 1.82) is 0 Å². The normalized spacial score (nSPS) is 13.1. The van der Waals surface area contributed by atoms with Crippen LogP contribution in [0.2, 0.25) is 0 Å². The topological polar surface area (TPSA) is 71.3 Å². The molecule has 2 N–H and O–H groups in total. The van der Waals surface area contributed by atoms with Gasteiger partial charge in [0.05, 0.1) is 6.10 Å². The van der Waals surface area contributed by atoms with Crippen molar-refractivity contribution in [2.24, 2.45) is 5.41 Å². The molecule has 0 aromatic carbocycles. The second-order valence-electron chi connectivity index (χ2n) is 5.81. The Morgan fingerprint density at radius 3 is 2.70 bits per heavy atom.